The summed E-state index contributed by atoms with van der Waals surface area (Å²) in [5, 5.41) is 11.8. The van der Waals surface area contributed by atoms with Crippen molar-refractivity contribution in [2.24, 2.45) is 17.8 Å². The standard InChI is InChI=1S/C15H17N3/c1-2-11-5-10(1)6-13(11)8-16-14-4-3-12-9-17-18-15(12)7-14/h1-4,7,9-11,13,16H,5-6,8H2,(H,17,18). The number of anilines is 1. The van der Waals surface area contributed by atoms with Crippen molar-refractivity contribution in [2.45, 2.75) is 12.8 Å². The average molecular weight is 239 g/mol. The lowest BCUT2D eigenvalue weighted by atomic mass is 9.93. The summed E-state index contributed by atoms with van der Waals surface area (Å²) in [6.07, 6.45) is 9.42. The van der Waals surface area contributed by atoms with Gasteiger partial charge in [-0.1, -0.05) is 12.2 Å². The Labute approximate surface area is 106 Å². The van der Waals surface area contributed by atoms with Gasteiger partial charge in [-0.15, -0.1) is 0 Å². The molecule has 1 saturated carbocycles. The highest BCUT2D eigenvalue weighted by atomic mass is 15.1. The van der Waals surface area contributed by atoms with Crippen LogP contribution in [0.25, 0.3) is 10.9 Å². The van der Waals surface area contributed by atoms with E-state index in [2.05, 4.69) is 45.9 Å². The number of hydrogen-bond donors (Lipinski definition) is 2. The van der Waals surface area contributed by atoms with Crippen molar-refractivity contribution in [1.82, 2.24) is 10.2 Å². The zero-order valence-electron chi connectivity index (χ0n) is 10.3. The van der Waals surface area contributed by atoms with Gasteiger partial charge >= 0.3 is 0 Å². The Balaban J connectivity index is 1.46. The second-order valence-electron chi connectivity index (χ2n) is 5.59. The number of hydrogen-bond acceptors (Lipinski definition) is 2. The molecule has 3 unspecified atom stereocenters. The second-order valence-corrected chi connectivity index (χ2v) is 5.59. The first-order valence-corrected chi connectivity index (χ1v) is 6.74. The monoisotopic (exact) mass is 239 g/mol. The van der Waals surface area contributed by atoms with Gasteiger partial charge in [0.25, 0.3) is 0 Å². The van der Waals surface area contributed by atoms with Gasteiger partial charge < -0.3 is 5.32 Å². The number of allylic oxidation sites excluding steroid dienone is 2. The Morgan fingerprint density at radius 2 is 2.28 bits per heavy atom. The molecule has 3 atom stereocenters. The third-order valence-electron chi connectivity index (χ3n) is 4.43. The molecular weight excluding hydrogens is 222 g/mol. The van der Waals surface area contributed by atoms with E-state index < -0.39 is 0 Å². The molecule has 92 valence electrons. The number of benzene rings is 1. The fraction of sp³-hybridized carbons (Fsp3) is 0.400. The Hall–Kier alpha value is -1.77. The number of aromatic nitrogens is 2. The summed E-state index contributed by atoms with van der Waals surface area (Å²) in [4.78, 5) is 0. The number of fused-ring (bicyclic) bond motifs is 3. The lowest BCUT2D eigenvalue weighted by molar-refractivity contribution is 0.472. The summed E-state index contributed by atoms with van der Waals surface area (Å²) in [5.74, 6) is 2.49. The molecule has 2 aliphatic rings. The van der Waals surface area contributed by atoms with Gasteiger partial charge in [0.1, 0.15) is 0 Å². The van der Waals surface area contributed by atoms with E-state index in [0.29, 0.717) is 0 Å². The first-order chi connectivity index (χ1) is 8.88. The van der Waals surface area contributed by atoms with Crippen LogP contribution in [-0.4, -0.2) is 16.7 Å². The van der Waals surface area contributed by atoms with Crippen molar-refractivity contribution in [2.75, 3.05) is 11.9 Å². The van der Waals surface area contributed by atoms with Crippen molar-refractivity contribution in [3.63, 3.8) is 0 Å². The highest BCUT2D eigenvalue weighted by Crippen LogP contribution is 2.43. The smallest absolute Gasteiger partial charge is 0.0670 e. The molecule has 1 heterocycles. The molecule has 1 fully saturated rings. The predicted octanol–water partition coefficient (Wildman–Crippen LogP) is 3.19. The topological polar surface area (TPSA) is 40.7 Å². The van der Waals surface area contributed by atoms with E-state index in [0.717, 1.165) is 29.8 Å². The van der Waals surface area contributed by atoms with E-state index in [-0.39, 0.29) is 0 Å². The summed E-state index contributed by atoms with van der Waals surface area (Å²) in [6.45, 7) is 1.09. The van der Waals surface area contributed by atoms with Crippen molar-refractivity contribution >= 4 is 16.6 Å². The largest absolute Gasteiger partial charge is 0.385 e. The molecule has 3 heteroatoms. The summed E-state index contributed by atoms with van der Waals surface area (Å²) in [7, 11) is 0. The third kappa shape index (κ3) is 1.62. The molecule has 0 amide bonds. The Morgan fingerprint density at radius 3 is 3.11 bits per heavy atom. The molecule has 2 N–H and O–H groups in total. The fourth-order valence-corrected chi connectivity index (χ4v) is 3.43. The van der Waals surface area contributed by atoms with Crippen LogP contribution in [0.2, 0.25) is 0 Å². The number of nitrogens with one attached hydrogen (secondary N) is 2. The van der Waals surface area contributed by atoms with Crippen LogP contribution in [0.15, 0.2) is 36.5 Å². The molecule has 0 saturated heterocycles. The van der Waals surface area contributed by atoms with Crippen molar-refractivity contribution in [3.8, 4) is 0 Å². The van der Waals surface area contributed by atoms with Gasteiger partial charge in [0, 0.05) is 17.6 Å². The molecule has 2 aliphatic carbocycles. The molecule has 0 spiro atoms. The molecule has 3 nitrogen and oxygen atoms in total. The summed E-state index contributed by atoms with van der Waals surface area (Å²) >= 11 is 0. The van der Waals surface area contributed by atoms with Crippen LogP contribution in [0.1, 0.15) is 12.8 Å². The number of rotatable bonds is 3. The van der Waals surface area contributed by atoms with E-state index in [9.17, 15) is 0 Å². The molecule has 4 rings (SSSR count). The highest BCUT2D eigenvalue weighted by Gasteiger charge is 2.35. The lowest BCUT2D eigenvalue weighted by Gasteiger charge is -2.19. The molecule has 0 aliphatic heterocycles. The fourth-order valence-electron chi connectivity index (χ4n) is 3.43. The Kier molecular flexibility index (Phi) is 2.19. The number of aromatic amines is 1. The SMILES string of the molecule is C1=CC2CC1CC2CNc1ccc2cn[nH]c2c1. The molecule has 1 aromatic heterocycles. The molecule has 2 bridgehead atoms. The maximum Gasteiger partial charge on any atom is 0.0670 e. The molecular formula is C15H17N3. The molecule has 18 heavy (non-hydrogen) atoms. The van der Waals surface area contributed by atoms with E-state index in [1.165, 1.54) is 23.9 Å². The molecule has 1 aromatic carbocycles. The van der Waals surface area contributed by atoms with E-state index in [4.69, 9.17) is 0 Å². The third-order valence-corrected chi connectivity index (χ3v) is 4.43. The average Bonchev–Trinajstić information content (AvgIpc) is 3.11. The van der Waals surface area contributed by atoms with Crippen molar-refractivity contribution in [1.29, 1.82) is 0 Å². The van der Waals surface area contributed by atoms with Gasteiger partial charge in [-0.05, 0) is 48.8 Å². The summed E-state index contributed by atoms with van der Waals surface area (Å²) in [6, 6.07) is 6.40. The van der Waals surface area contributed by atoms with E-state index >= 15 is 0 Å². The maximum absolute atomic E-state index is 4.05. The van der Waals surface area contributed by atoms with Gasteiger partial charge in [-0.3, -0.25) is 5.10 Å². The van der Waals surface area contributed by atoms with Crippen molar-refractivity contribution < 1.29 is 0 Å². The Bertz CT molecular complexity index is 599. The van der Waals surface area contributed by atoms with Crippen LogP contribution in [0, 0.1) is 17.8 Å². The zero-order valence-corrected chi connectivity index (χ0v) is 10.3. The first-order valence-electron chi connectivity index (χ1n) is 6.74. The molecule has 0 radical (unpaired) electrons. The maximum atomic E-state index is 4.05. The highest BCUT2D eigenvalue weighted by molar-refractivity contribution is 5.81. The van der Waals surface area contributed by atoms with Gasteiger partial charge in [0.15, 0.2) is 0 Å². The van der Waals surface area contributed by atoms with E-state index in [1.54, 1.807) is 0 Å². The molecule has 2 aromatic rings. The second kappa shape index (κ2) is 3.87. The number of nitrogens with zero attached hydrogens (tertiary/aromatic N) is 1. The van der Waals surface area contributed by atoms with Crippen LogP contribution in [0.5, 0.6) is 0 Å². The normalized spacial score (nSPS) is 29.2. The van der Waals surface area contributed by atoms with Crippen LogP contribution >= 0.6 is 0 Å². The summed E-state index contributed by atoms with van der Waals surface area (Å²) in [5.41, 5.74) is 2.30. The van der Waals surface area contributed by atoms with E-state index in [1.807, 2.05) is 6.20 Å². The van der Waals surface area contributed by atoms with Gasteiger partial charge in [-0.2, -0.15) is 5.10 Å². The Morgan fingerprint density at radius 1 is 1.28 bits per heavy atom. The van der Waals surface area contributed by atoms with Crippen LogP contribution in [0.4, 0.5) is 5.69 Å². The van der Waals surface area contributed by atoms with Gasteiger partial charge in [-0.25, -0.2) is 0 Å². The minimum absolute atomic E-state index is 0.817. The first kappa shape index (κ1) is 10.2. The van der Waals surface area contributed by atoms with Crippen LogP contribution in [-0.2, 0) is 0 Å². The van der Waals surface area contributed by atoms with Crippen molar-refractivity contribution in [3.05, 3.63) is 36.5 Å². The van der Waals surface area contributed by atoms with Crippen LogP contribution in [0.3, 0.4) is 0 Å². The summed E-state index contributed by atoms with van der Waals surface area (Å²) < 4.78 is 0. The number of H-pyrrole nitrogens is 1. The zero-order chi connectivity index (χ0) is 11.9. The quantitative estimate of drug-likeness (QED) is 0.808. The minimum Gasteiger partial charge on any atom is -0.385 e. The predicted molar refractivity (Wildman–Crippen MR) is 73.4 cm³/mol. The van der Waals surface area contributed by atoms with Gasteiger partial charge in [0.05, 0.1) is 11.7 Å². The minimum atomic E-state index is 0.817. The lowest BCUT2D eigenvalue weighted by Crippen LogP contribution is -2.18. The van der Waals surface area contributed by atoms with Gasteiger partial charge in [0.2, 0.25) is 0 Å². The van der Waals surface area contributed by atoms with Crippen LogP contribution < -0.4 is 5.32 Å².